The lowest BCUT2D eigenvalue weighted by Gasteiger charge is -2.22. The Labute approximate surface area is 141 Å². The number of aliphatic hydroxyl groups excluding tert-OH is 1. The maximum Gasteiger partial charge on any atom is 0.234 e. The third-order valence-corrected chi connectivity index (χ3v) is 4.55. The average molecular weight is 320 g/mol. The molecule has 0 saturated heterocycles. The first-order valence-corrected chi connectivity index (χ1v) is 8.29. The van der Waals surface area contributed by atoms with Crippen LogP contribution < -0.4 is 0 Å². The second kappa shape index (κ2) is 6.83. The van der Waals surface area contributed by atoms with Crippen LogP contribution in [0.1, 0.15) is 53.6 Å². The number of rotatable bonds is 5. The van der Waals surface area contributed by atoms with E-state index in [2.05, 4.69) is 6.92 Å². The fourth-order valence-corrected chi connectivity index (χ4v) is 3.31. The zero-order chi connectivity index (χ0) is 17.1. The van der Waals surface area contributed by atoms with Gasteiger partial charge in [0, 0.05) is 16.7 Å². The van der Waals surface area contributed by atoms with E-state index >= 15 is 0 Å². The first-order valence-electron chi connectivity index (χ1n) is 8.29. The van der Waals surface area contributed by atoms with Crippen molar-refractivity contribution in [3.8, 4) is 0 Å². The summed E-state index contributed by atoms with van der Waals surface area (Å²) in [6.45, 7) is 2.09. The number of allylic oxidation sites excluding steroid dienone is 1. The highest BCUT2D eigenvalue weighted by atomic mass is 16.3. The van der Waals surface area contributed by atoms with Crippen LogP contribution in [0.25, 0.3) is 5.76 Å². The van der Waals surface area contributed by atoms with Crippen molar-refractivity contribution < 1.29 is 14.7 Å². The van der Waals surface area contributed by atoms with Crippen LogP contribution in [0, 0.1) is 0 Å². The summed E-state index contributed by atoms with van der Waals surface area (Å²) in [7, 11) is 0. The molecule has 0 bridgehead atoms. The van der Waals surface area contributed by atoms with E-state index in [4.69, 9.17) is 0 Å². The number of carbonyl (C=O) groups is 2. The number of benzene rings is 2. The van der Waals surface area contributed by atoms with E-state index in [9.17, 15) is 14.7 Å². The second-order valence-electron chi connectivity index (χ2n) is 6.13. The number of fused-ring (bicyclic) bond motifs is 1. The van der Waals surface area contributed by atoms with Crippen LogP contribution in [0.2, 0.25) is 0 Å². The number of Topliss-reactive ketones (excluding diaryl/α,β-unsaturated/α-hetero) is 2. The minimum absolute atomic E-state index is 0.0489. The Bertz CT molecular complexity index is 803. The molecule has 0 aliphatic heterocycles. The molecule has 0 fully saturated rings. The predicted molar refractivity (Wildman–Crippen MR) is 94.0 cm³/mol. The Balaban J connectivity index is 2.01. The van der Waals surface area contributed by atoms with Crippen molar-refractivity contribution >= 4 is 17.3 Å². The molecule has 1 aliphatic carbocycles. The maximum atomic E-state index is 12.5. The Morgan fingerprint density at radius 2 is 1.50 bits per heavy atom. The predicted octanol–water partition coefficient (Wildman–Crippen LogP) is 4.70. The minimum Gasteiger partial charge on any atom is -0.507 e. The molecule has 3 nitrogen and oxygen atoms in total. The fraction of sp³-hybridized carbons (Fsp3) is 0.238. The molecule has 0 unspecified atom stereocenters. The van der Waals surface area contributed by atoms with Crippen molar-refractivity contribution in [2.24, 2.45) is 0 Å². The van der Waals surface area contributed by atoms with Crippen molar-refractivity contribution in [1.82, 2.24) is 0 Å². The molecule has 122 valence electrons. The Morgan fingerprint density at radius 3 is 2.17 bits per heavy atom. The Hall–Kier alpha value is -2.68. The number of ketones is 2. The van der Waals surface area contributed by atoms with E-state index in [1.807, 2.05) is 30.3 Å². The first kappa shape index (κ1) is 16.2. The summed E-state index contributed by atoms with van der Waals surface area (Å²) < 4.78 is 0. The third kappa shape index (κ3) is 2.90. The fourth-order valence-electron chi connectivity index (χ4n) is 3.31. The van der Waals surface area contributed by atoms with Crippen LogP contribution in [0.3, 0.4) is 0 Å². The topological polar surface area (TPSA) is 54.4 Å². The van der Waals surface area contributed by atoms with E-state index in [1.165, 1.54) is 0 Å². The van der Waals surface area contributed by atoms with Gasteiger partial charge < -0.3 is 5.11 Å². The molecule has 0 saturated carbocycles. The van der Waals surface area contributed by atoms with Crippen molar-refractivity contribution in [2.75, 3.05) is 0 Å². The van der Waals surface area contributed by atoms with Crippen LogP contribution in [-0.2, 0) is 4.79 Å². The summed E-state index contributed by atoms with van der Waals surface area (Å²) in [5.74, 6) is -1.05. The van der Waals surface area contributed by atoms with Gasteiger partial charge in [-0.2, -0.15) is 0 Å². The number of carbonyl (C=O) groups excluding carboxylic acids is 2. The highest BCUT2D eigenvalue weighted by molar-refractivity contribution is 6.52. The van der Waals surface area contributed by atoms with Crippen LogP contribution in [0.4, 0.5) is 0 Å². The van der Waals surface area contributed by atoms with Gasteiger partial charge in [-0.25, -0.2) is 0 Å². The monoisotopic (exact) mass is 320 g/mol. The van der Waals surface area contributed by atoms with Gasteiger partial charge in [0.2, 0.25) is 11.6 Å². The molecular formula is C21H20O3. The number of aliphatic hydroxyl groups is 1. The van der Waals surface area contributed by atoms with Crippen molar-refractivity contribution in [1.29, 1.82) is 0 Å². The number of hydrogen-bond donors (Lipinski definition) is 1. The molecule has 2 aromatic carbocycles. The highest BCUT2D eigenvalue weighted by Crippen LogP contribution is 2.35. The summed E-state index contributed by atoms with van der Waals surface area (Å²) in [6, 6.07) is 16.7. The van der Waals surface area contributed by atoms with Crippen LogP contribution in [-0.4, -0.2) is 16.7 Å². The molecule has 0 amide bonds. The largest absolute Gasteiger partial charge is 0.507 e. The van der Waals surface area contributed by atoms with E-state index in [1.54, 1.807) is 24.3 Å². The molecular weight excluding hydrogens is 300 g/mol. The smallest absolute Gasteiger partial charge is 0.234 e. The van der Waals surface area contributed by atoms with Gasteiger partial charge in [0.25, 0.3) is 0 Å². The Kier molecular flexibility index (Phi) is 4.61. The van der Waals surface area contributed by atoms with Gasteiger partial charge in [-0.3, -0.25) is 9.59 Å². The molecule has 24 heavy (non-hydrogen) atoms. The van der Waals surface area contributed by atoms with Gasteiger partial charge in [-0.1, -0.05) is 67.9 Å². The van der Waals surface area contributed by atoms with Crippen molar-refractivity contribution in [3.63, 3.8) is 0 Å². The standard InChI is InChI=1S/C21H20O3/c1-2-8-15(14-9-4-3-5-10-14)13-18-19(22)16-11-6-7-12-17(16)20(23)21(18)24/h3-7,9-12,15,22H,2,8,13H2,1H3/t15-/m1/s1. The first-order chi connectivity index (χ1) is 11.6. The van der Waals surface area contributed by atoms with E-state index in [0.29, 0.717) is 12.0 Å². The summed E-state index contributed by atoms with van der Waals surface area (Å²) in [5, 5.41) is 10.6. The van der Waals surface area contributed by atoms with E-state index in [0.717, 1.165) is 18.4 Å². The molecule has 2 aromatic rings. The highest BCUT2D eigenvalue weighted by Gasteiger charge is 2.33. The summed E-state index contributed by atoms with van der Waals surface area (Å²) in [5.41, 5.74) is 2.11. The van der Waals surface area contributed by atoms with Gasteiger partial charge in [-0.15, -0.1) is 0 Å². The quantitative estimate of drug-likeness (QED) is 0.813. The van der Waals surface area contributed by atoms with Crippen molar-refractivity contribution in [3.05, 3.63) is 76.9 Å². The van der Waals surface area contributed by atoms with Gasteiger partial charge in [0.1, 0.15) is 5.76 Å². The SMILES string of the molecule is CCC[C@H](CC1=C(O)c2ccccc2C(=O)C1=O)c1ccccc1. The van der Waals surface area contributed by atoms with Crippen LogP contribution in [0.15, 0.2) is 60.2 Å². The average Bonchev–Trinajstić information content (AvgIpc) is 2.63. The molecule has 0 aromatic heterocycles. The van der Waals surface area contributed by atoms with Gasteiger partial charge >= 0.3 is 0 Å². The molecule has 1 atom stereocenters. The van der Waals surface area contributed by atoms with Gasteiger partial charge in [0.05, 0.1) is 0 Å². The maximum absolute atomic E-state index is 12.5. The second-order valence-corrected chi connectivity index (χ2v) is 6.13. The lowest BCUT2D eigenvalue weighted by atomic mass is 9.81. The third-order valence-electron chi connectivity index (χ3n) is 4.55. The van der Waals surface area contributed by atoms with Gasteiger partial charge in [0.15, 0.2) is 0 Å². The van der Waals surface area contributed by atoms with Gasteiger partial charge in [-0.05, 0) is 24.3 Å². The lowest BCUT2D eigenvalue weighted by molar-refractivity contribution is -0.112. The normalized spacial score (nSPS) is 15.4. The van der Waals surface area contributed by atoms with Crippen molar-refractivity contribution in [2.45, 2.75) is 32.1 Å². The molecule has 1 N–H and O–H groups in total. The summed E-state index contributed by atoms with van der Waals surface area (Å²) >= 11 is 0. The number of hydrogen-bond acceptors (Lipinski definition) is 3. The summed E-state index contributed by atoms with van der Waals surface area (Å²) in [6.07, 6.45) is 2.23. The molecule has 0 spiro atoms. The molecule has 3 rings (SSSR count). The van der Waals surface area contributed by atoms with Crippen LogP contribution in [0.5, 0.6) is 0 Å². The minimum atomic E-state index is -0.580. The summed E-state index contributed by atoms with van der Waals surface area (Å²) in [4.78, 5) is 24.9. The van der Waals surface area contributed by atoms with Crippen LogP contribution >= 0.6 is 0 Å². The zero-order valence-corrected chi connectivity index (χ0v) is 13.7. The Morgan fingerprint density at radius 1 is 0.875 bits per heavy atom. The molecule has 0 heterocycles. The molecule has 3 heteroatoms. The zero-order valence-electron chi connectivity index (χ0n) is 13.7. The molecule has 0 radical (unpaired) electrons. The van der Waals surface area contributed by atoms with E-state index < -0.39 is 11.6 Å². The van der Waals surface area contributed by atoms with E-state index in [-0.39, 0.29) is 22.8 Å². The lowest BCUT2D eigenvalue weighted by Crippen LogP contribution is -2.25. The molecule has 1 aliphatic rings.